The van der Waals surface area contributed by atoms with Gasteiger partial charge in [0.25, 0.3) is 10.0 Å². The van der Waals surface area contributed by atoms with E-state index >= 15 is 0 Å². The minimum absolute atomic E-state index is 0.0401. The van der Waals surface area contributed by atoms with Gasteiger partial charge in [-0.2, -0.15) is 0 Å². The Balaban J connectivity index is 1.39. The van der Waals surface area contributed by atoms with E-state index < -0.39 is 10.0 Å². The third-order valence-corrected chi connectivity index (χ3v) is 7.93. The zero-order chi connectivity index (χ0) is 23.6. The van der Waals surface area contributed by atoms with Gasteiger partial charge in [0.2, 0.25) is 11.8 Å². The number of benzene rings is 2. The SMILES string of the molecule is Cc1ccc(NS(=O)(=O)c2ccc3c(c2)CCN3C(=O)CCC(=O)N2CCC(C)CC2)cc1. The minimum Gasteiger partial charge on any atom is -0.343 e. The van der Waals surface area contributed by atoms with E-state index in [0.29, 0.717) is 24.6 Å². The van der Waals surface area contributed by atoms with E-state index in [1.807, 2.05) is 24.0 Å². The molecule has 0 spiro atoms. The highest BCUT2D eigenvalue weighted by Crippen LogP contribution is 2.31. The lowest BCUT2D eigenvalue weighted by Crippen LogP contribution is -2.38. The van der Waals surface area contributed by atoms with E-state index in [4.69, 9.17) is 0 Å². The summed E-state index contributed by atoms with van der Waals surface area (Å²) in [4.78, 5) is 29.0. The van der Waals surface area contributed by atoms with E-state index in [-0.39, 0.29) is 29.6 Å². The second-order valence-electron chi connectivity index (χ2n) is 9.12. The molecule has 0 unspecified atom stereocenters. The van der Waals surface area contributed by atoms with Gasteiger partial charge < -0.3 is 9.80 Å². The number of hydrogen-bond acceptors (Lipinski definition) is 4. The van der Waals surface area contributed by atoms with E-state index in [1.165, 1.54) is 6.07 Å². The third kappa shape index (κ3) is 5.38. The Morgan fingerprint density at radius 1 is 0.970 bits per heavy atom. The number of nitrogens with zero attached hydrogens (tertiary/aromatic N) is 2. The number of sulfonamides is 1. The van der Waals surface area contributed by atoms with Crippen LogP contribution in [0.25, 0.3) is 0 Å². The average Bonchev–Trinajstić information content (AvgIpc) is 3.22. The van der Waals surface area contributed by atoms with Crippen molar-refractivity contribution in [2.24, 2.45) is 5.92 Å². The van der Waals surface area contributed by atoms with E-state index in [9.17, 15) is 18.0 Å². The molecule has 0 aliphatic carbocycles. The van der Waals surface area contributed by atoms with Gasteiger partial charge in [0.15, 0.2) is 0 Å². The predicted octanol–water partition coefficient (Wildman–Crippen LogP) is 3.72. The molecule has 1 fully saturated rings. The normalized spacial score (nSPS) is 16.5. The summed E-state index contributed by atoms with van der Waals surface area (Å²) in [6.45, 7) is 6.18. The fourth-order valence-electron chi connectivity index (χ4n) is 4.40. The van der Waals surface area contributed by atoms with E-state index in [2.05, 4.69) is 11.6 Å². The molecule has 4 rings (SSSR count). The Hall–Kier alpha value is -2.87. The van der Waals surface area contributed by atoms with Crippen molar-refractivity contribution >= 4 is 33.2 Å². The first-order valence-electron chi connectivity index (χ1n) is 11.5. The summed E-state index contributed by atoms with van der Waals surface area (Å²) in [6, 6.07) is 12.0. The van der Waals surface area contributed by atoms with Crippen molar-refractivity contribution in [3.05, 3.63) is 53.6 Å². The van der Waals surface area contributed by atoms with Crippen LogP contribution in [0.2, 0.25) is 0 Å². The minimum atomic E-state index is -3.73. The van der Waals surface area contributed by atoms with Crippen LogP contribution in [0.1, 0.15) is 43.7 Å². The highest BCUT2D eigenvalue weighted by Gasteiger charge is 2.28. The highest BCUT2D eigenvalue weighted by molar-refractivity contribution is 7.92. The van der Waals surface area contributed by atoms with Crippen LogP contribution in [-0.2, 0) is 26.0 Å². The van der Waals surface area contributed by atoms with Gasteiger partial charge in [-0.15, -0.1) is 0 Å². The van der Waals surface area contributed by atoms with Gasteiger partial charge in [0.05, 0.1) is 4.90 Å². The monoisotopic (exact) mass is 469 g/mol. The lowest BCUT2D eigenvalue weighted by Gasteiger charge is -2.30. The largest absolute Gasteiger partial charge is 0.343 e. The molecule has 7 nitrogen and oxygen atoms in total. The molecule has 8 heteroatoms. The molecule has 2 heterocycles. The summed E-state index contributed by atoms with van der Waals surface area (Å²) < 4.78 is 28.2. The number of hydrogen-bond donors (Lipinski definition) is 1. The first kappa shape index (κ1) is 23.3. The number of carbonyl (C=O) groups excluding carboxylic acids is 2. The molecular weight excluding hydrogens is 438 g/mol. The zero-order valence-corrected chi connectivity index (χ0v) is 20.0. The van der Waals surface area contributed by atoms with Crippen molar-refractivity contribution in [1.29, 1.82) is 0 Å². The lowest BCUT2D eigenvalue weighted by molar-refractivity contribution is -0.134. The van der Waals surface area contributed by atoms with Gasteiger partial charge in [-0.1, -0.05) is 24.6 Å². The molecule has 1 saturated heterocycles. The van der Waals surface area contributed by atoms with Crippen molar-refractivity contribution in [2.45, 2.75) is 50.8 Å². The Morgan fingerprint density at radius 2 is 1.64 bits per heavy atom. The lowest BCUT2D eigenvalue weighted by atomic mass is 9.99. The van der Waals surface area contributed by atoms with Crippen LogP contribution in [0.15, 0.2) is 47.4 Å². The van der Waals surface area contributed by atoms with Crippen LogP contribution in [0.3, 0.4) is 0 Å². The topological polar surface area (TPSA) is 86.8 Å². The number of likely N-dealkylation sites (tertiary alicyclic amines) is 1. The summed E-state index contributed by atoms with van der Waals surface area (Å²) in [5.74, 6) is 0.594. The molecule has 0 aromatic heterocycles. The summed E-state index contributed by atoms with van der Waals surface area (Å²) in [7, 11) is -3.73. The number of carbonyl (C=O) groups is 2. The molecule has 2 aromatic carbocycles. The Labute approximate surface area is 195 Å². The quantitative estimate of drug-likeness (QED) is 0.699. The van der Waals surface area contributed by atoms with Crippen LogP contribution < -0.4 is 9.62 Å². The molecule has 2 aliphatic rings. The zero-order valence-electron chi connectivity index (χ0n) is 19.2. The van der Waals surface area contributed by atoms with Crippen LogP contribution in [0.5, 0.6) is 0 Å². The molecule has 2 amide bonds. The smallest absolute Gasteiger partial charge is 0.261 e. The second kappa shape index (κ2) is 9.55. The first-order chi connectivity index (χ1) is 15.7. The van der Waals surface area contributed by atoms with Crippen LogP contribution in [0, 0.1) is 12.8 Å². The first-order valence-corrected chi connectivity index (χ1v) is 13.0. The Bertz CT molecular complexity index is 1140. The Morgan fingerprint density at radius 3 is 2.33 bits per heavy atom. The molecule has 176 valence electrons. The summed E-state index contributed by atoms with van der Waals surface area (Å²) in [5, 5.41) is 0. The van der Waals surface area contributed by atoms with E-state index in [0.717, 1.165) is 42.7 Å². The van der Waals surface area contributed by atoms with Crippen molar-refractivity contribution in [3.8, 4) is 0 Å². The number of piperidine rings is 1. The second-order valence-corrected chi connectivity index (χ2v) is 10.8. The highest BCUT2D eigenvalue weighted by atomic mass is 32.2. The van der Waals surface area contributed by atoms with Gasteiger partial charge in [0, 0.05) is 43.9 Å². The van der Waals surface area contributed by atoms with Crippen molar-refractivity contribution in [2.75, 3.05) is 29.3 Å². The van der Waals surface area contributed by atoms with Gasteiger partial charge in [-0.3, -0.25) is 14.3 Å². The number of amides is 2. The van der Waals surface area contributed by atoms with Crippen LogP contribution in [-0.4, -0.2) is 44.8 Å². The molecule has 2 aromatic rings. The molecule has 0 saturated carbocycles. The van der Waals surface area contributed by atoms with Crippen LogP contribution >= 0.6 is 0 Å². The average molecular weight is 470 g/mol. The molecule has 0 bridgehead atoms. The van der Waals surface area contributed by atoms with Gasteiger partial charge in [0.1, 0.15) is 0 Å². The maximum atomic E-state index is 12.8. The number of anilines is 2. The van der Waals surface area contributed by atoms with Gasteiger partial charge >= 0.3 is 0 Å². The number of fused-ring (bicyclic) bond motifs is 1. The van der Waals surface area contributed by atoms with Crippen molar-refractivity contribution < 1.29 is 18.0 Å². The molecule has 1 N–H and O–H groups in total. The maximum absolute atomic E-state index is 12.8. The fourth-order valence-corrected chi connectivity index (χ4v) is 5.51. The molecular formula is C25H31N3O4S. The Kier molecular flexibility index (Phi) is 6.74. The number of nitrogens with one attached hydrogen (secondary N) is 1. The summed E-state index contributed by atoms with van der Waals surface area (Å²) >= 11 is 0. The molecule has 0 radical (unpaired) electrons. The van der Waals surface area contributed by atoms with Crippen LogP contribution in [0.4, 0.5) is 11.4 Å². The summed E-state index contributed by atoms with van der Waals surface area (Å²) in [6.07, 6.45) is 3.00. The number of aryl methyl sites for hydroxylation is 1. The van der Waals surface area contributed by atoms with E-state index in [1.54, 1.807) is 29.2 Å². The molecule has 2 aliphatic heterocycles. The molecule has 33 heavy (non-hydrogen) atoms. The predicted molar refractivity (Wildman–Crippen MR) is 129 cm³/mol. The van der Waals surface area contributed by atoms with Crippen molar-refractivity contribution in [1.82, 2.24) is 4.90 Å². The maximum Gasteiger partial charge on any atom is 0.261 e. The third-order valence-electron chi connectivity index (χ3n) is 6.55. The van der Waals surface area contributed by atoms with Gasteiger partial charge in [-0.05, 0) is 68.0 Å². The summed E-state index contributed by atoms with van der Waals surface area (Å²) in [5.41, 5.74) is 3.11. The van der Waals surface area contributed by atoms with Crippen molar-refractivity contribution in [3.63, 3.8) is 0 Å². The fraction of sp³-hybridized carbons (Fsp3) is 0.440. The van der Waals surface area contributed by atoms with Gasteiger partial charge in [-0.25, -0.2) is 8.42 Å². The number of rotatable bonds is 6. The molecule has 0 atom stereocenters. The standard InChI is InChI=1S/C25H31N3O4S/c1-18-3-5-21(6-4-18)26-33(31,32)22-7-8-23-20(17-22)13-16-28(23)25(30)10-9-24(29)27-14-11-19(2)12-15-27/h3-8,17,19,26H,9-16H2,1-2H3.